The van der Waals surface area contributed by atoms with Gasteiger partial charge in [0.1, 0.15) is 5.69 Å². The number of rotatable bonds is 4. The van der Waals surface area contributed by atoms with Crippen LogP contribution in [0.4, 0.5) is 0 Å². The zero-order valence-electron chi connectivity index (χ0n) is 9.92. The van der Waals surface area contributed by atoms with E-state index in [0.29, 0.717) is 12.2 Å². The standard InChI is InChI=1S/C11H15N5O/c1-3-16-7-5-10(14-16)11(17)12-8-9-4-6-15(2)13-9/h4-7H,3,8H2,1-2H3,(H,12,17). The minimum absolute atomic E-state index is 0.178. The summed E-state index contributed by atoms with van der Waals surface area (Å²) in [5.41, 5.74) is 1.26. The Morgan fingerprint density at radius 2 is 2.18 bits per heavy atom. The molecule has 2 rings (SSSR count). The van der Waals surface area contributed by atoms with Gasteiger partial charge < -0.3 is 5.32 Å². The van der Waals surface area contributed by atoms with Crippen LogP contribution in [0.2, 0.25) is 0 Å². The van der Waals surface area contributed by atoms with Crippen molar-refractivity contribution in [3.63, 3.8) is 0 Å². The molecule has 0 unspecified atom stereocenters. The number of carbonyl (C=O) groups excluding carboxylic acids is 1. The predicted octanol–water partition coefficient (Wildman–Crippen LogP) is 0.567. The number of nitrogens with one attached hydrogen (secondary N) is 1. The number of aromatic nitrogens is 4. The van der Waals surface area contributed by atoms with Crippen LogP contribution in [-0.4, -0.2) is 25.5 Å². The van der Waals surface area contributed by atoms with Crippen molar-refractivity contribution in [3.8, 4) is 0 Å². The van der Waals surface area contributed by atoms with Crippen molar-refractivity contribution in [1.82, 2.24) is 24.9 Å². The van der Waals surface area contributed by atoms with E-state index in [0.717, 1.165) is 12.2 Å². The van der Waals surface area contributed by atoms with Crippen LogP contribution < -0.4 is 5.32 Å². The summed E-state index contributed by atoms with van der Waals surface area (Å²) in [6.45, 7) is 3.15. The molecule has 1 amide bonds. The molecule has 0 aromatic carbocycles. The first-order valence-electron chi connectivity index (χ1n) is 5.49. The van der Waals surface area contributed by atoms with Crippen molar-refractivity contribution >= 4 is 5.91 Å². The van der Waals surface area contributed by atoms with Gasteiger partial charge in [-0.05, 0) is 19.1 Å². The molecule has 17 heavy (non-hydrogen) atoms. The average Bonchev–Trinajstić information content (AvgIpc) is 2.94. The van der Waals surface area contributed by atoms with Crippen LogP contribution in [-0.2, 0) is 20.1 Å². The van der Waals surface area contributed by atoms with Crippen LogP contribution >= 0.6 is 0 Å². The molecule has 0 aliphatic heterocycles. The minimum Gasteiger partial charge on any atom is -0.345 e. The van der Waals surface area contributed by atoms with Crippen molar-refractivity contribution in [3.05, 3.63) is 35.9 Å². The maximum absolute atomic E-state index is 11.7. The van der Waals surface area contributed by atoms with Gasteiger partial charge in [0, 0.05) is 26.0 Å². The molecule has 0 spiro atoms. The molecule has 0 saturated heterocycles. The number of carbonyl (C=O) groups is 1. The summed E-state index contributed by atoms with van der Waals surface area (Å²) in [6.07, 6.45) is 3.63. The van der Waals surface area contributed by atoms with Crippen molar-refractivity contribution in [2.75, 3.05) is 0 Å². The molecule has 1 N–H and O–H groups in total. The Bertz CT molecular complexity index is 513. The Kier molecular flexibility index (Phi) is 3.22. The third-order valence-corrected chi connectivity index (χ3v) is 2.40. The van der Waals surface area contributed by atoms with Crippen LogP contribution in [0.25, 0.3) is 0 Å². The molecular weight excluding hydrogens is 218 g/mol. The monoisotopic (exact) mass is 233 g/mol. The third kappa shape index (κ3) is 2.72. The lowest BCUT2D eigenvalue weighted by Gasteiger charge is -2.00. The SMILES string of the molecule is CCn1ccc(C(=O)NCc2ccn(C)n2)n1. The summed E-state index contributed by atoms with van der Waals surface area (Å²) in [5, 5.41) is 11.1. The molecule has 0 radical (unpaired) electrons. The van der Waals surface area contributed by atoms with Gasteiger partial charge in [-0.1, -0.05) is 0 Å². The van der Waals surface area contributed by atoms with E-state index in [1.165, 1.54) is 0 Å². The van der Waals surface area contributed by atoms with Crippen molar-refractivity contribution < 1.29 is 4.79 Å². The lowest BCUT2D eigenvalue weighted by molar-refractivity contribution is 0.0944. The Hall–Kier alpha value is -2.11. The van der Waals surface area contributed by atoms with Crippen LogP contribution in [0.3, 0.4) is 0 Å². The number of hydrogen-bond acceptors (Lipinski definition) is 3. The van der Waals surface area contributed by atoms with Gasteiger partial charge in [-0.2, -0.15) is 10.2 Å². The van der Waals surface area contributed by atoms with Crippen LogP contribution in [0.15, 0.2) is 24.5 Å². The van der Waals surface area contributed by atoms with E-state index in [2.05, 4.69) is 15.5 Å². The molecule has 0 fully saturated rings. The number of nitrogens with zero attached hydrogens (tertiary/aromatic N) is 4. The highest BCUT2D eigenvalue weighted by Crippen LogP contribution is 1.98. The summed E-state index contributed by atoms with van der Waals surface area (Å²) in [4.78, 5) is 11.7. The Morgan fingerprint density at radius 1 is 1.35 bits per heavy atom. The number of aryl methyl sites for hydroxylation is 2. The zero-order valence-corrected chi connectivity index (χ0v) is 9.92. The highest BCUT2D eigenvalue weighted by Gasteiger charge is 2.09. The Balaban J connectivity index is 1.93. The highest BCUT2D eigenvalue weighted by atomic mass is 16.1. The zero-order chi connectivity index (χ0) is 12.3. The summed E-state index contributed by atoms with van der Waals surface area (Å²) < 4.78 is 3.42. The predicted molar refractivity (Wildman–Crippen MR) is 62.3 cm³/mol. The Labute approximate surface area is 99.2 Å². The third-order valence-electron chi connectivity index (χ3n) is 2.40. The maximum Gasteiger partial charge on any atom is 0.272 e. The first kappa shape index (κ1) is 11.4. The largest absolute Gasteiger partial charge is 0.345 e. The molecule has 0 atom stereocenters. The van der Waals surface area contributed by atoms with Crippen molar-refractivity contribution in [1.29, 1.82) is 0 Å². The fraction of sp³-hybridized carbons (Fsp3) is 0.364. The van der Waals surface area contributed by atoms with E-state index in [4.69, 9.17) is 0 Å². The molecule has 2 aromatic rings. The summed E-state index contributed by atoms with van der Waals surface area (Å²) in [6, 6.07) is 3.57. The number of hydrogen-bond donors (Lipinski definition) is 1. The van der Waals surface area contributed by atoms with E-state index in [1.807, 2.05) is 26.2 Å². The van der Waals surface area contributed by atoms with Gasteiger partial charge >= 0.3 is 0 Å². The van der Waals surface area contributed by atoms with Gasteiger partial charge in [0.15, 0.2) is 0 Å². The van der Waals surface area contributed by atoms with Crippen LogP contribution in [0.5, 0.6) is 0 Å². The second-order valence-corrected chi connectivity index (χ2v) is 3.72. The fourth-order valence-electron chi connectivity index (χ4n) is 1.48. The van der Waals surface area contributed by atoms with E-state index < -0.39 is 0 Å². The molecule has 6 heteroatoms. The molecule has 0 aliphatic carbocycles. The van der Waals surface area contributed by atoms with Gasteiger partial charge in [0.2, 0.25) is 0 Å². The summed E-state index contributed by atoms with van der Waals surface area (Å²) >= 11 is 0. The maximum atomic E-state index is 11.7. The molecule has 2 aromatic heterocycles. The van der Waals surface area contributed by atoms with E-state index >= 15 is 0 Å². The summed E-state index contributed by atoms with van der Waals surface area (Å²) in [7, 11) is 1.84. The van der Waals surface area contributed by atoms with E-state index in [1.54, 1.807) is 21.6 Å². The first-order chi connectivity index (χ1) is 8.19. The molecule has 0 bridgehead atoms. The van der Waals surface area contributed by atoms with E-state index in [9.17, 15) is 4.79 Å². The normalized spacial score (nSPS) is 10.5. The quantitative estimate of drug-likeness (QED) is 0.839. The molecule has 2 heterocycles. The molecule has 6 nitrogen and oxygen atoms in total. The molecular formula is C11H15N5O. The fourth-order valence-corrected chi connectivity index (χ4v) is 1.48. The van der Waals surface area contributed by atoms with E-state index in [-0.39, 0.29) is 5.91 Å². The molecule has 0 saturated carbocycles. The van der Waals surface area contributed by atoms with Gasteiger partial charge in [-0.3, -0.25) is 14.2 Å². The van der Waals surface area contributed by atoms with Crippen LogP contribution in [0, 0.1) is 0 Å². The average molecular weight is 233 g/mol. The first-order valence-corrected chi connectivity index (χ1v) is 5.49. The second kappa shape index (κ2) is 4.82. The lowest BCUT2D eigenvalue weighted by atomic mass is 10.4. The summed E-state index contributed by atoms with van der Waals surface area (Å²) in [5.74, 6) is -0.178. The smallest absolute Gasteiger partial charge is 0.272 e. The molecule has 90 valence electrons. The number of amides is 1. The Morgan fingerprint density at radius 3 is 2.76 bits per heavy atom. The molecule has 0 aliphatic rings. The van der Waals surface area contributed by atoms with Gasteiger partial charge in [0.25, 0.3) is 5.91 Å². The highest BCUT2D eigenvalue weighted by molar-refractivity contribution is 5.92. The van der Waals surface area contributed by atoms with Gasteiger partial charge in [0.05, 0.1) is 12.2 Å². The van der Waals surface area contributed by atoms with Crippen LogP contribution in [0.1, 0.15) is 23.1 Å². The van der Waals surface area contributed by atoms with Crippen molar-refractivity contribution in [2.45, 2.75) is 20.0 Å². The van der Waals surface area contributed by atoms with Gasteiger partial charge in [-0.15, -0.1) is 0 Å². The van der Waals surface area contributed by atoms with Crippen molar-refractivity contribution in [2.24, 2.45) is 7.05 Å². The lowest BCUT2D eigenvalue weighted by Crippen LogP contribution is -2.23. The topological polar surface area (TPSA) is 64.7 Å². The minimum atomic E-state index is -0.178. The second-order valence-electron chi connectivity index (χ2n) is 3.72. The van der Waals surface area contributed by atoms with Gasteiger partial charge in [-0.25, -0.2) is 0 Å².